The lowest BCUT2D eigenvalue weighted by atomic mass is 10.2. The van der Waals surface area contributed by atoms with E-state index < -0.39 is 0 Å². The maximum absolute atomic E-state index is 5.81. The summed E-state index contributed by atoms with van der Waals surface area (Å²) in [5.74, 6) is 1.95. The summed E-state index contributed by atoms with van der Waals surface area (Å²) in [7, 11) is 1.63. The quantitative estimate of drug-likeness (QED) is 0.832. The van der Waals surface area contributed by atoms with E-state index in [2.05, 4.69) is 15.5 Å². The van der Waals surface area contributed by atoms with Crippen molar-refractivity contribution < 1.29 is 14.0 Å². The van der Waals surface area contributed by atoms with Gasteiger partial charge in [0.25, 0.3) is 0 Å². The summed E-state index contributed by atoms with van der Waals surface area (Å²) >= 11 is 0. The minimum absolute atomic E-state index is 0.257. The van der Waals surface area contributed by atoms with Crippen LogP contribution < -0.4 is 14.8 Å². The predicted molar refractivity (Wildman–Crippen MR) is 71.5 cm³/mol. The first-order valence-electron chi connectivity index (χ1n) is 6.64. The highest BCUT2D eigenvalue weighted by atomic mass is 16.5. The molecule has 6 nitrogen and oxygen atoms in total. The second kappa shape index (κ2) is 5.92. The summed E-state index contributed by atoms with van der Waals surface area (Å²) in [5.41, 5.74) is 1.07. The number of nitrogens with zero attached hydrogens (tertiary/aromatic N) is 2. The normalized spacial score (nSPS) is 14.2. The van der Waals surface area contributed by atoms with Gasteiger partial charge in [-0.25, -0.2) is 0 Å². The van der Waals surface area contributed by atoms with Crippen molar-refractivity contribution in [1.82, 2.24) is 15.5 Å². The molecule has 0 unspecified atom stereocenters. The van der Waals surface area contributed by atoms with Crippen LogP contribution in [0, 0.1) is 0 Å². The summed E-state index contributed by atoms with van der Waals surface area (Å²) in [6, 6.07) is 6.52. The Bertz CT molecular complexity index is 553. The number of para-hydroxylation sites is 1. The van der Waals surface area contributed by atoms with Crippen molar-refractivity contribution in [2.75, 3.05) is 7.11 Å². The number of aromatic nitrogens is 2. The van der Waals surface area contributed by atoms with Gasteiger partial charge in [-0.05, 0) is 18.9 Å². The molecule has 106 valence electrons. The predicted octanol–water partition coefficient (Wildman–Crippen LogP) is 1.91. The molecule has 0 aliphatic heterocycles. The van der Waals surface area contributed by atoms with Gasteiger partial charge >= 0.3 is 0 Å². The van der Waals surface area contributed by atoms with Gasteiger partial charge in [-0.1, -0.05) is 17.3 Å². The van der Waals surface area contributed by atoms with Gasteiger partial charge in [-0.2, -0.15) is 4.98 Å². The van der Waals surface area contributed by atoms with Gasteiger partial charge in [0.2, 0.25) is 12.2 Å². The summed E-state index contributed by atoms with van der Waals surface area (Å²) in [5, 5.41) is 7.21. The van der Waals surface area contributed by atoms with Crippen molar-refractivity contribution in [2.24, 2.45) is 0 Å². The average molecular weight is 275 g/mol. The van der Waals surface area contributed by atoms with Crippen LogP contribution in [0.2, 0.25) is 0 Å². The van der Waals surface area contributed by atoms with Crippen molar-refractivity contribution >= 4 is 0 Å². The largest absolute Gasteiger partial charge is 0.493 e. The first kappa shape index (κ1) is 12.9. The zero-order valence-corrected chi connectivity index (χ0v) is 11.3. The zero-order valence-electron chi connectivity index (χ0n) is 11.3. The number of hydrogen-bond donors (Lipinski definition) is 1. The van der Waals surface area contributed by atoms with E-state index in [9.17, 15) is 0 Å². The molecular weight excluding hydrogens is 258 g/mol. The second-order valence-corrected chi connectivity index (χ2v) is 4.74. The lowest BCUT2D eigenvalue weighted by molar-refractivity contribution is 0.266. The molecule has 1 aliphatic rings. The van der Waals surface area contributed by atoms with E-state index in [0.717, 1.165) is 17.9 Å². The van der Waals surface area contributed by atoms with Crippen molar-refractivity contribution in [3.63, 3.8) is 0 Å². The number of methoxy groups -OCH3 is 1. The maximum atomic E-state index is 5.81. The Balaban J connectivity index is 1.73. The van der Waals surface area contributed by atoms with Gasteiger partial charge in [0, 0.05) is 18.2 Å². The van der Waals surface area contributed by atoms with E-state index in [0.29, 0.717) is 17.6 Å². The Morgan fingerprint density at radius 1 is 1.40 bits per heavy atom. The third-order valence-electron chi connectivity index (χ3n) is 3.19. The first-order valence-corrected chi connectivity index (χ1v) is 6.64. The molecule has 1 saturated carbocycles. The minimum atomic E-state index is 0.257. The standard InChI is InChI=1S/C14H17N3O3/c1-18-12-4-2-3-10(7-15-11-5-6-11)14(12)19-8-13-16-9-20-17-13/h2-4,9,11,15H,5-8H2,1H3. The molecule has 0 spiro atoms. The fraction of sp³-hybridized carbons (Fsp3) is 0.429. The topological polar surface area (TPSA) is 69.4 Å². The van der Waals surface area contributed by atoms with Crippen molar-refractivity contribution in [2.45, 2.75) is 32.0 Å². The Morgan fingerprint density at radius 3 is 3.00 bits per heavy atom. The van der Waals surface area contributed by atoms with Crippen LogP contribution in [-0.4, -0.2) is 23.3 Å². The zero-order chi connectivity index (χ0) is 13.8. The third kappa shape index (κ3) is 3.08. The number of nitrogens with one attached hydrogen (secondary N) is 1. The summed E-state index contributed by atoms with van der Waals surface area (Å²) in [6.45, 7) is 1.02. The molecule has 20 heavy (non-hydrogen) atoms. The number of hydrogen-bond acceptors (Lipinski definition) is 6. The van der Waals surface area contributed by atoms with Gasteiger partial charge in [0.05, 0.1) is 7.11 Å². The lowest BCUT2D eigenvalue weighted by Gasteiger charge is -2.14. The smallest absolute Gasteiger partial charge is 0.213 e. The summed E-state index contributed by atoms with van der Waals surface area (Å²) < 4.78 is 15.9. The molecule has 0 bridgehead atoms. The van der Waals surface area contributed by atoms with Crippen LogP contribution in [0.3, 0.4) is 0 Å². The molecule has 0 amide bonds. The maximum Gasteiger partial charge on any atom is 0.213 e. The van der Waals surface area contributed by atoms with Crippen LogP contribution in [0.1, 0.15) is 24.2 Å². The van der Waals surface area contributed by atoms with E-state index in [1.807, 2.05) is 18.2 Å². The Hall–Kier alpha value is -2.08. The van der Waals surface area contributed by atoms with Gasteiger partial charge in [0.1, 0.15) is 0 Å². The molecule has 1 aromatic heterocycles. The molecule has 6 heteroatoms. The number of rotatable bonds is 7. The van der Waals surface area contributed by atoms with Crippen molar-refractivity contribution in [3.8, 4) is 11.5 Å². The SMILES string of the molecule is COc1cccc(CNC2CC2)c1OCc1ncon1. The molecule has 0 atom stereocenters. The van der Waals surface area contributed by atoms with Crippen molar-refractivity contribution in [3.05, 3.63) is 36.0 Å². The average Bonchev–Trinajstić information content (AvgIpc) is 3.17. The molecular formula is C14H17N3O3. The minimum Gasteiger partial charge on any atom is -0.493 e. The van der Waals surface area contributed by atoms with E-state index >= 15 is 0 Å². The highest BCUT2D eigenvalue weighted by Gasteiger charge is 2.21. The van der Waals surface area contributed by atoms with E-state index in [-0.39, 0.29) is 6.61 Å². The van der Waals surface area contributed by atoms with E-state index in [1.54, 1.807) is 7.11 Å². The summed E-state index contributed by atoms with van der Waals surface area (Å²) in [4.78, 5) is 3.94. The first-order chi connectivity index (χ1) is 9.86. The monoisotopic (exact) mass is 275 g/mol. The van der Waals surface area contributed by atoms with Crippen LogP contribution >= 0.6 is 0 Å². The molecule has 1 fully saturated rings. The van der Waals surface area contributed by atoms with Crippen LogP contribution in [0.15, 0.2) is 29.1 Å². The molecule has 2 aromatic rings. The van der Waals surface area contributed by atoms with Crippen molar-refractivity contribution in [1.29, 1.82) is 0 Å². The molecule has 1 aromatic carbocycles. The molecule has 0 saturated heterocycles. The van der Waals surface area contributed by atoms with Gasteiger partial charge in [-0.3, -0.25) is 0 Å². The third-order valence-corrected chi connectivity index (χ3v) is 3.19. The highest BCUT2D eigenvalue weighted by Crippen LogP contribution is 2.32. The van der Waals surface area contributed by atoms with E-state index in [4.69, 9.17) is 14.0 Å². The van der Waals surface area contributed by atoms with Gasteiger partial charge < -0.3 is 19.3 Å². The molecule has 1 heterocycles. The van der Waals surface area contributed by atoms with Crippen LogP contribution in [-0.2, 0) is 13.2 Å². The number of ether oxygens (including phenoxy) is 2. The Morgan fingerprint density at radius 2 is 2.30 bits per heavy atom. The molecule has 3 rings (SSSR count). The number of benzene rings is 1. The molecule has 1 N–H and O–H groups in total. The van der Waals surface area contributed by atoms with Crippen LogP contribution in [0.5, 0.6) is 11.5 Å². The van der Waals surface area contributed by atoms with Gasteiger partial charge in [0.15, 0.2) is 18.1 Å². The van der Waals surface area contributed by atoms with Gasteiger partial charge in [-0.15, -0.1) is 0 Å². The molecule has 1 aliphatic carbocycles. The highest BCUT2D eigenvalue weighted by molar-refractivity contribution is 5.46. The lowest BCUT2D eigenvalue weighted by Crippen LogP contribution is -2.16. The fourth-order valence-electron chi connectivity index (χ4n) is 1.96. The molecule has 0 radical (unpaired) electrons. The van der Waals surface area contributed by atoms with Crippen LogP contribution in [0.25, 0.3) is 0 Å². The van der Waals surface area contributed by atoms with Crippen LogP contribution in [0.4, 0.5) is 0 Å². The van der Waals surface area contributed by atoms with E-state index in [1.165, 1.54) is 19.2 Å². The fourth-order valence-corrected chi connectivity index (χ4v) is 1.96. The summed E-state index contributed by atoms with van der Waals surface area (Å²) in [6.07, 6.45) is 3.79. The Labute approximate surface area is 117 Å². The Kier molecular flexibility index (Phi) is 3.83. The second-order valence-electron chi connectivity index (χ2n) is 4.74.